The number of aliphatic hydroxyl groups is 1. The molecule has 1 aromatic carbocycles. The molecule has 0 aromatic heterocycles. The van der Waals surface area contributed by atoms with Gasteiger partial charge in [-0.1, -0.05) is 68.9 Å². The predicted molar refractivity (Wildman–Crippen MR) is 140 cm³/mol. The number of fused-ring (bicyclic) bond motifs is 1. The van der Waals surface area contributed by atoms with Gasteiger partial charge < -0.3 is 15.5 Å². The molecule has 2 saturated carbocycles. The van der Waals surface area contributed by atoms with E-state index in [0.29, 0.717) is 11.3 Å². The lowest BCUT2D eigenvalue weighted by atomic mass is 9.91. The fourth-order valence-electron chi connectivity index (χ4n) is 5.37. The van der Waals surface area contributed by atoms with E-state index < -0.39 is 12.0 Å². The molecule has 7 nitrogen and oxygen atoms in total. The second-order valence-electron chi connectivity index (χ2n) is 9.80. The Morgan fingerprint density at radius 2 is 1.63 bits per heavy atom. The lowest BCUT2D eigenvalue weighted by molar-refractivity contribution is -0.147. The normalized spacial score (nSPS) is 25.6. The number of carboxylic acids is 1. The number of aliphatic carboxylic acids is 1. The third-order valence-corrected chi connectivity index (χ3v) is 8.60. The van der Waals surface area contributed by atoms with Crippen molar-refractivity contribution in [2.24, 2.45) is 4.99 Å². The molecular formula is C27H37N3O4S. The van der Waals surface area contributed by atoms with E-state index in [-0.39, 0.29) is 23.6 Å². The molecule has 0 radical (unpaired) electrons. The van der Waals surface area contributed by atoms with Crippen molar-refractivity contribution >= 4 is 29.9 Å². The number of nitrogens with one attached hydrogen (secondary N) is 1. The quantitative estimate of drug-likeness (QED) is 0.405. The monoisotopic (exact) mass is 499 g/mol. The van der Waals surface area contributed by atoms with Crippen molar-refractivity contribution in [3.63, 3.8) is 0 Å². The van der Waals surface area contributed by atoms with E-state index in [0.717, 1.165) is 17.6 Å². The number of β-lactam (4-membered cyclic amide) rings is 1. The number of carbonyl (C=O) groups excluding carboxylic acids is 1. The number of nitrogens with zero attached hydrogens (tertiary/aromatic N) is 2. The van der Waals surface area contributed by atoms with Crippen LogP contribution in [0.15, 0.2) is 46.6 Å². The molecule has 8 heteroatoms. The lowest BCUT2D eigenvalue weighted by Gasteiger charge is -2.47. The Morgan fingerprint density at radius 3 is 2.17 bits per heavy atom. The molecule has 4 aliphatic rings. The topological polar surface area (TPSA) is 102 Å². The van der Waals surface area contributed by atoms with Crippen molar-refractivity contribution in [3.8, 4) is 0 Å². The van der Waals surface area contributed by atoms with E-state index in [9.17, 15) is 19.8 Å². The first-order valence-corrected chi connectivity index (χ1v) is 14.0. The van der Waals surface area contributed by atoms with Gasteiger partial charge in [0.2, 0.25) is 0 Å². The Bertz CT molecular complexity index is 908. The van der Waals surface area contributed by atoms with Crippen molar-refractivity contribution in [2.75, 3.05) is 12.4 Å². The van der Waals surface area contributed by atoms with E-state index >= 15 is 0 Å². The Labute approximate surface area is 212 Å². The van der Waals surface area contributed by atoms with E-state index in [4.69, 9.17) is 0 Å². The van der Waals surface area contributed by atoms with Gasteiger partial charge in [-0.3, -0.25) is 14.7 Å². The average Bonchev–Trinajstić information content (AvgIpc) is 2.90. The van der Waals surface area contributed by atoms with E-state index in [1.54, 1.807) is 6.21 Å². The SMILES string of the molecule is C1CCC(NC2CCCCC2)CC1.O=C(O)C1=C(CO)CS[C@@H]2C(/N=C/c3ccccc3)C(=O)N12. The number of carboxylic acid groups (broad SMARTS) is 1. The predicted octanol–water partition coefficient (Wildman–Crippen LogP) is 3.96. The molecule has 1 aromatic rings. The van der Waals surface area contributed by atoms with Gasteiger partial charge in [0.05, 0.1) is 6.61 Å². The van der Waals surface area contributed by atoms with Crippen molar-refractivity contribution in [3.05, 3.63) is 47.2 Å². The average molecular weight is 500 g/mol. The molecule has 2 aliphatic heterocycles. The van der Waals surface area contributed by atoms with E-state index in [1.165, 1.54) is 80.9 Å². The number of amides is 1. The summed E-state index contributed by atoms with van der Waals surface area (Å²) in [5.41, 5.74) is 1.16. The maximum absolute atomic E-state index is 12.2. The number of hydrogen-bond acceptors (Lipinski definition) is 6. The smallest absolute Gasteiger partial charge is 0.352 e. The van der Waals surface area contributed by atoms with Crippen LogP contribution in [0.25, 0.3) is 0 Å². The maximum atomic E-state index is 12.2. The minimum absolute atomic E-state index is 0.0950. The van der Waals surface area contributed by atoms with Crippen molar-refractivity contribution in [1.82, 2.24) is 10.2 Å². The lowest BCUT2D eigenvalue weighted by Crippen LogP contribution is -2.64. The maximum Gasteiger partial charge on any atom is 0.352 e. The van der Waals surface area contributed by atoms with Gasteiger partial charge in [0.15, 0.2) is 6.04 Å². The van der Waals surface area contributed by atoms with Crippen LogP contribution in [0.4, 0.5) is 0 Å². The van der Waals surface area contributed by atoms with Gasteiger partial charge >= 0.3 is 5.97 Å². The summed E-state index contributed by atoms with van der Waals surface area (Å²) >= 11 is 1.42. The highest BCUT2D eigenvalue weighted by molar-refractivity contribution is 8.00. The third-order valence-electron chi connectivity index (χ3n) is 7.28. The summed E-state index contributed by atoms with van der Waals surface area (Å²) in [4.78, 5) is 29.1. The van der Waals surface area contributed by atoms with Crippen LogP contribution in [0.3, 0.4) is 0 Å². The fraction of sp³-hybridized carbons (Fsp3) is 0.593. The number of benzene rings is 1. The molecule has 2 heterocycles. The van der Waals surface area contributed by atoms with Crippen molar-refractivity contribution in [2.45, 2.75) is 87.7 Å². The molecule has 35 heavy (non-hydrogen) atoms. The van der Waals surface area contributed by atoms with Crippen LogP contribution < -0.4 is 5.32 Å². The van der Waals surface area contributed by atoms with E-state index in [1.807, 2.05) is 30.3 Å². The highest BCUT2D eigenvalue weighted by atomic mass is 32.2. The summed E-state index contributed by atoms with van der Waals surface area (Å²) in [6.45, 7) is -0.358. The zero-order valence-electron chi connectivity index (χ0n) is 20.3. The molecule has 1 amide bonds. The van der Waals surface area contributed by atoms with Crippen LogP contribution in [0, 0.1) is 0 Å². The Kier molecular flexibility index (Phi) is 9.40. The number of aliphatic hydroxyl groups excluding tert-OH is 1. The molecule has 2 aliphatic carbocycles. The van der Waals surface area contributed by atoms with Crippen LogP contribution in [0.5, 0.6) is 0 Å². The van der Waals surface area contributed by atoms with Crippen LogP contribution in [-0.2, 0) is 9.59 Å². The second-order valence-corrected chi connectivity index (χ2v) is 10.9. The highest BCUT2D eigenvalue weighted by Gasteiger charge is 2.53. The summed E-state index contributed by atoms with van der Waals surface area (Å²) < 4.78 is 0. The molecule has 5 rings (SSSR count). The molecule has 3 fully saturated rings. The van der Waals surface area contributed by atoms with Crippen LogP contribution in [0.2, 0.25) is 0 Å². The van der Waals surface area contributed by atoms with Gasteiger partial charge in [0.25, 0.3) is 5.91 Å². The number of carbonyl (C=O) groups is 2. The first-order chi connectivity index (χ1) is 17.1. The summed E-state index contributed by atoms with van der Waals surface area (Å²) in [5, 5.41) is 22.1. The van der Waals surface area contributed by atoms with Gasteiger partial charge in [-0.2, -0.15) is 0 Å². The van der Waals surface area contributed by atoms with Gasteiger partial charge in [-0.25, -0.2) is 4.79 Å². The first-order valence-electron chi connectivity index (χ1n) is 12.9. The molecule has 1 unspecified atom stereocenters. The molecular weight excluding hydrogens is 462 g/mol. The standard InChI is InChI=1S/C15H14N2O4S.C12H23N/c18-7-10-8-22-14-11(13(19)17(14)12(10)15(20)21)16-6-9-4-2-1-3-5-9;1-3-7-11(8-4-1)13-12-9-5-2-6-10-12/h1-6,11,14,18H,7-8H2,(H,20,21);11-13H,1-10H2/b16-6+;/t11?,14-;/m1./s1. The number of thioether (sulfide) groups is 1. The zero-order chi connectivity index (χ0) is 24.6. The van der Waals surface area contributed by atoms with Crippen LogP contribution >= 0.6 is 11.8 Å². The molecule has 2 atom stereocenters. The molecule has 190 valence electrons. The summed E-state index contributed by atoms with van der Waals surface area (Å²) in [5.74, 6) is -1.13. The first kappa shape index (κ1) is 25.9. The Balaban J connectivity index is 0.000000189. The van der Waals surface area contributed by atoms with E-state index in [2.05, 4.69) is 10.3 Å². The Hall–Kier alpha value is -2.16. The number of aliphatic imine (C=N–C) groups is 1. The van der Waals surface area contributed by atoms with Gasteiger partial charge in [0, 0.05) is 24.1 Å². The summed E-state index contributed by atoms with van der Waals surface area (Å²) in [6.07, 6.45) is 16.2. The number of hydrogen-bond donors (Lipinski definition) is 3. The molecule has 1 saturated heterocycles. The van der Waals surface area contributed by atoms with Crippen LogP contribution in [-0.4, -0.2) is 69.1 Å². The zero-order valence-corrected chi connectivity index (χ0v) is 21.1. The molecule has 0 bridgehead atoms. The van der Waals surface area contributed by atoms with Crippen LogP contribution in [0.1, 0.15) is 69.8 Å². The van der Waals surface area contributed by atoms with Gasteiger partial charge in [-0.15, -0.1) is 11.8 Å². The summed E-state index contributed by atoms with van der Waals surface area (Å²) in [6, 6.07) is 10.6. The minimum Gasteiger partial charge on any atom is -0.477 e. The van der Waals surface area contributed by atoms with Crippen molar-refractivity contribution < 1.29 is 19.8 Å². The van der Waals surface area contributed by atoms with Crippen molar-refractivity contribution in [1.29, 1.82) is 0 Å². The largest absolute Gasteiger partial charge is 0.477 e. The minimum atomic E-state index is -1.19. The molecule has 3 N–H and O–H groups in total. The fourth-order valence-corrected chi connectivity index (χ4v) is 6.69. The van der Waals surface area contributed by atoms with Gasteiger partial charge in [0.1, 0.15) is 11.1 Å². The van der Waals surface area contributed by atoms with Gasteiger partial charge in [-0.05, 0) is 36.8 Å². The third kappa shape index (κ3) is 6.54. The second kappa shape index (κ2) is 12.7. The number of rotatable bonds is 6. The summed E-state index contributed by atoms with van der Waals surface area (Å²) in [7, 11) is 0. The Morgan fingerprint density at radius 1 is 1.03 bits per heavy atom. The molecule has 0 spiro atoms. The highest BCUT2D eigenvalue weighted by Crippen LogP contribution is 2.41.